The molecule has 0 N–H and O–H groups in total. The number of rotatable bonds is 2. The molecule has 0 unspecified atom stereocenters. The summed E-state index contributed by atoms with van der Waals surface area (Å²) in [5.74, 6) is 0. The molecule has 0 fully saturated rings. The molecule has 0 saturated heterocycles. The molecule has 0 aliphatic carbocycles. The van der Waals surface area contributed by atoms with Crippen LogP contribution in [0.2, 0.25) is 0 Å². The molecule has 2 aromatic rings. The van der Waals surface area contributed by atoms with Crippen molar-refractivity contribution in [1.29, 1.82) is 0 Å². The van der Waals surface area contributed by atoms with Gasteiger partial charge in [-0.1, -0.05) is 88.0 Å². The SMILES string of the molecule is C.CC.CN1CCC=C(c2ccccc2)C=C1c1ccccc1. The van der Waals surface area contributed by atoms with Crippen LogP contribution in [0.15, 0.2) is 72.8 Å². The maximum Gasteiger partial charge on any atom is 0.0443 e. The molecule has 0 saturated carbocycles. The molecule has 0 aromatic heterocycles. The fourth-order valence-corrected chi connectivity index (χ4v) is 2.59. The van der Waals surface area contributed by atoms with E-state index in [1.165, 1.54) is 22.4 Å². The number of hydrogen-bond donors (Lipinski definition) is 0. The van der Waals surface area contributed by atoms with Gasteiger partial charge in [0.25, 0.3) is 0 Å². The molecule has 1 aliphatic heterocycles. The number of allylic oxidation sites excluding steroid dienone is 2. The lowest BCUT2D eigenvalue weighted by molar-refractivity contribution is 0.491. The largest absolute Gasteiger partial charge is 0.374 e. The zero-order valence-electron chi connectivity index (χ0n) is 13.8. The Labute approximate surface area is 142 Å². The summed E-state index contributed by atoms with van der Waals surface area (Å²) in [5.41, 5.74) is 5.17. The summed E-state index contributed by atoms with van der Waals surface area (Å²) in [7, 11) is 2.17. The fraction of sp³-hybridized carbons (Fsp3) is 0.273. The van der Waals surface area contributed by atoms with Crippen molar-refractivity contribution < 1.29 is 0 Å². The maximum atomic E-state index is 2.34. The van der Waals surface area contributed by atoms with Crippen molar-refractivity contribution in [2.75, 3.05) is 13.6 Å². The quantitative estimate of drug-likeness (QED) is 0.647. The summed E-state index contributed by atoms with van der Waals surface area (Å²) in [5, 5.41) is 0. The van der Waals surface area contributed by atoms with E-state index in [4.69, 9.17) is 0 Å². The van der Waals surface area contributed by atoms with Gasteiger partial charge in [-0.05, 0) is 29.2 Å². The van der Waals surface area contributed by atoms with Gasteiger partial charge in [0.2, 0.25) is 0 Å². The van der Waals surface area contributed by atoms with Gasteiger partial charge in [-0.15, -0.1) is 0 Å². The zero-order valence-corrected chi connectivity index (χ0v) is 13.8. The van der Waals surface area contributed by atoms with Gasteiger partial charge in [-0.25, -0.2) is 0 Å². The van der Waals surface area contributed by atoms with E-state index < -0.39 is 0 Å². The Bertz CT molecular complexity index is 624. The zero-order chi connectivity index (χ0) is 15.8. The number of benzene rings is 2. The molecule has 1 heteroatoms. The van der Waals surface area contributed by atoms with Crippen molar-refractivity contribution in [2.45, 2.75) is 27.7 Å². The average molecular weight is 307 g/mol. The normalized spacial score (nSPS) is 13.6. The lowest BCUT2D eigenvalue weighted by Gasteiger charge is -2.21. The molecule has 1 heterocycles. The highest BCUT2D eigenvalue weighted by Crippen LogP contribution is 2.27. The Morgan fingerprint density at radius 3 is 1.87 bits per heavy atom. The van der Waals surface area contributed by atoms with E-state index in [9.17, 15) is 0 Å². The van der Waals surface area contributed by atoms with E-state index in [-0.39, 0.29) is 7.43 Å². The van der Waals surface area contributed by atoms with Crippen LogP contribution in [-0.4, -0.2) is 18.5 Å². The van der Waals surface area contributed by atoms with Gasteiger partial charge >= 0.3 is 0 Å². The molecule has 0 amide bonds. The van der Waals surface area contributed by atoms with Crippen LogP contribution in [0, 0.1) is 0 Å². The van der Waals surface area contributed by atoms with Gasteiger partial charge in [0.15, 0.2) is 0 Å². The molecule has 0 spiro atoms. The van der Waals surface area contributed by atoms with Crippen molar-refractivity contribution in [3.8, 4) is 0 Å². The first-order valence-electron chi connectivity index (χ1n) is 8.08. The highest BCUT2D eigenvalue weighted by Gasteiger charge is 2.11. The molecular formula is C22H29N. The smallest absolute Gasteiger partial charge is 0.0443 e. The van der Waals surface area contributed by atoms with E-state index in [0.717, 1.165) is 13.0 Å². The summed E-state index contributed by atoms with van der Waals surface area (Å²) < 4.78 is 0. The van der Waals surface area contributed by atoms with Crippen LogP contribution in [0.4, 0.5) is 0 Å². The Morgan fingerprint density at radius 1 is 0.783 bits per heavy atom. The van der Waals surface area contributed by atoms with Crippen molar-refractivity contribution in [2.24, 2.45) is 0 Å². The standard InChI is InChI=1S/C19H19N.C2H6.CH4/c1-20-14-8-13-18(16-9-4-2-5-10-16)15-19(20)17-11-6-3-7-12-17;1-2;/h2-7,9-13,15H,8,14H2,1H3;1-2H3;1H4. The van der Waals surface area contributed by atoms with Crippen LogP contribution in [0.3, 0.4) is 0 Å². The monoisotopic (exact) mass is 307 g/mol. The van der Waals surface area contributed by atoms with Crippen molar-refractivity contribution in [1.82, 2.24) is 4.90 Å². The van der Waals surface area contributed by atoms with Crippen LogP contribution >= 0.6 is 0 Å². The third kappa shape index (κ3) is 4.85. The summed E-state index contributed by atoms with van der Waals surface area (Å²) >= 11 is 0. The molecule has 1 aliphatic rings. The molecular weight excluding hydrogens is 278 g/mol. The summed E-state index contributed by atoms with van der Waals surface area (Å²) in [6.45, 7) is 5.05. The predicted molar refractivity (Wildman–Crippen MR) is 104 cm³/mol. The molecule has 1 nitrogen and oxygen atoms in total. The van der Waals surface area contributed by atoms with Gasteiger partial charge in [0.05, 0.1) is 0 Å². The number of hydrogen-bond acceptors (Lipinski definition) is 1. The van der Waals surface area contributed by atoms with Gasteiger partial charge in [-0.2, -0.15) is 0 Å². The predicted octanol–water partition coefficient (Wildman–Crippen LogP) is 6.11. The second-order valence-electron chi connectivity index (χ2n) is 5.13. The van der Waals surface area contributed by atoms with Gasteiger partial charge in [-0.3, -0.25) is 0 Å². The van der Waals surface area contributed by atoms with Gasteiger partial charge in [0.1, 0.15) is 0 Å². The molecule has 0 atom stereocenters. The molecule has 122 valence electrons. The van der Waals surface area contributed by atoms with Crippen LogP contribution in [0.1, 0.15) is 38.8 Å². The Balaban J connectivity index is 0.000000849. The Kier molecular flexibility index (Phi) is 7.90. The average Bonchev–Trinajstić information content (AvgIpc) is 2.80. The van der Waals surface area contributed by atoms with E-state index in [1.807, 2.05) is 13.8 Å². The van der Waals surface area contributed by atoms with E-state index in [1.54, 1.807) is 0 Å². The minimum absolute atomic E-state index is 0. The van der Waals surface area contributed by atoms with Crippen LogP contribution in [0.25, 0.3) is 11.3 Å². The van der Waals surface area contributed by atoms with E-state index in [2.05, 4.69) is 84.8 Å². The van der Waals surface area contributed by atoms with Crippen LogP contribution in [0.5, 0.6) is 0 Å². The van der Waals surface area contributed by atoms with Crippen LogP contribution < -0.4 is 0 Å². The first kappa shape index (κ1) is 18.8. The van der Waals surface area contributed by atoms with Crippen molar-refractivity contribution >= 4 is 11.3 Å². The molecule has 23 heavy (non-hydrogen) atoms. The lowest BCUT2D eigenvalue weighted by atomic mass is 10.0. The summed E-state index contributed by atoms with van der Waals surface area (Å²) in [4.78, 5) is 2.34. The first-order valence-corrected chi connectivity index (χ1v) is 8.08. The Morgan fingerprint density at radius 2 is 1.30 bits per heavy atom. The lowest BCUT2D eigenvalue weighted by Crippen LogP contribution is -2.16. The topological polar surface area (TPSA) is 3.24 Å². The third-order valence-corrected chi connectivity index (χ3v) is 3.71. The molecule has 0 radical (unpaired) electrons. The summed E-state index contributed by atoms with van der Waals surface area (Å²) in [6, 6.07) is 21.2. The second kappa shape index (κ2) is 9.68. The maximum absolute atomic E-state index is 2.34. The minimum Gasteiger partial charge on any atom is -0.374 e. The van der Waals surface area contributed by atoms with E-state index in [0.29, 0.717) is 0 Å². The van der Waals surface area contributed by atoms with Gasteiger partial charge < -0.3 is 4.90 Å². The fourth-order valence-electron chi connectivity index (χ4n) is 2.59. The highest BCUT2D eigenvalue weighted by molar-refractivity contribution is 5.83. The van der Waals surface area contributed by atoms with Crippen LogP contribution in [-0.2, 0) is 0 Å². The van der Waals surface area contributed by atoms with Gasteiger partial charge in [0, 0.05) is 19.3 Å². The van der Waals surface area contributed by atoms with E-state index >= 15 is 0 Å². The van der Waals surface area contributed by atoms with Crippen molar-refractivity contribution in [3.63, 3.8) is 0 Å². The molecule has 2 aromatic carbocycles. The first-order chi connectivity index (χ1) is 10.8. The van der Waals surface area contributed by atoms with Crippen molar-refractivity contribution in [3.05, 3.63) is 83.9 Å². The molecule has 3 rings (SSSR count). The number of nitrogens with zero attached hydrogens (tertiary/aromatic N) is 1. The minimum atomic E-state index is 0. The Hall–Kier alpha value is -2.28. The summed E-state index contributed by atoms with van der Waals surface area (Å²) in [6.07, 6.45) is 5.72. The molecule has 0 bridgehead atoms. The highest BCUT2D eigenvalue weighted by atomic mass is 15.1. The third-order valence-electron chi connectivity index (χ3n) is 3.71. The second-order valence-corrected chi connectivity index (χ2v) is 5.13.